The van der Waals surface area contributed by atoms with E-state index in [1.54, 1.807) is 6.08 Å². The highest BCUT2D eigenvalue weighted by Crippen LogP contribution is 2.04. The number of hydrogen-bond donors (Lipinski definition) is 1. The SMILES string of the molecule is CCCCCCCN/C(C)=C/C(=O)c1ccccc1. The van der Waals surface area contributed by atoms with Crippen LogP contribution in [0.1, 0.15) is 56.3 Å². The van der Waals surface area contributed by atoms with Crippen LogP contribution < -0.4 is 5.32 Å². The number of nitrogens with one attached hydrogen (secondary N) is 1. The molecular formula is C17H25NO. The number of ketones is 1. The molecule has 0 radical (unpaired) electrons. The summed E-state index contributed by atoms with van der Waals surface area (Å²) < 4.78 is 0. The zero-order chi connectivity index (χ0) is 13.9. The van der Waals surface area contributed by atoms with E-state index >= 15 is 0 Å². The molecule has 19 heavy (non-hydrogen) atoms. The Bertz CT molecular complexity index is 395. The van der Waals surface area contributed by atoms with Gasteiger partial charge < -0.3 is 5.32 Å². The number of benzene rings is 1. The summed E-state index contributed by atoms with van der Waals surface area (Å²) >= 11 is 0. The minimum atomic E-state index is 0.0663. The molecule has 0 heterocycles. The fraction of sp³-hybridized carbons (Fsp3) is 0.471. The molecule has 0 aliphatic heterocycles. The number of allylic oxidation sites excluding steroid dienone is 2. The second-order valence-corrected chi connectivity index (χ2v) is 4.90. The third-order valence-corrected chi connectivity index (χ3v) is 3.09. The smallest absolute Gasteiger partial charge is 0.187 e. The third-order valence-electron chi connectivity index (χ3n) is 3.09. The molecule has 0 atom stereocenters. The van der Waals surface area contributed by atoms with Crippen molar-refractivity contribution < 1.29 is 4.79 Å². The van der Waals surface area contributed by atoms with E-state index in [0.29, 0.717) is 0 Å². The first kappa shape index (κ1) is 15.5. The van der Waals surface area contributed by atoms with Gasteiger partial charge in [-0.05, 0) is 13.3 Å². The molecule has 0 spiro atoms. The molecule has 2 nitrogen and oxygen atoms in total. The van der Waals surface area contributed by atoms with Gasteiger partial charge in [-0.1, -0.05) is 62.9 Å². The van der Waals surface area contributed by atoms with Gasteiger partial charge in [-0.3, -0.25) is 4.79 Å². The van der Waals surface area contributed by atoms with Crippen LogP contribution >= 0.6 is 0 Å². The summed E-state index contributed by atoms with van der Waals surface area (Å²) in [4.78, 5) is 11.9. The summed E-state index contributed by atoms with van der Waals surface area (Å²) in [6.07, 6.45) is 8.02. The Morgan fingerprint density at radius 1 is 1.11 bits per heavy atom. The van der Waals surface area contributed by atoms with Crippen LogP contribution in [-0.4, -0.2) is 12.3 Å². The molecule has 0 bridgehead atoms. The van der Waals surface area contributed by atoms with E-state index in [0.717, 1.165) is 17.8 Å². The summed E-state index contributed by atoms with van der Waals surface area (Å²) in [5, 5.41) is 3.30. The van der Waals surface area contributed by atoms with Gasteiger partial charge in [-0.25, -0.2) is 0 Å². The minimum Gasteiger partial charge on any atom is -0.388 e. The summed E-state index contributed by atoms with van der Waals surface area (Å²) in [7, 11) is 0. The van der Waals surface area contributed by atoms with Crippen molar-refractivity contribution in [3.05, 3.63) is 47.7 Å². The van der Waals surface area contributed by atoms with Crippen LogP contribution in [-0.2, 0) is 0 Å². The Balaban J connectivity index is 2.27. The number of carbonyl (C=O) groups excluding carboxylic acids is 1. The van der Waals surface area contributed by atoms with E-state index < -0.39 is 0 Å². The average molecular weight is 259 g/mol. The molecule has 104 valence electrons. The molecule has 1 rings (SSSR count). The topological polar surface area (TPSA) is 29.1 Å². The summed E-state index contributed by atoms with van der Waals surface area (Å²) in [5.74, 6) is 0.0663. The van der Waals surface area contributed by atoms with Crippen molar-refractivity contribution in [2.75, 3.05) is 6.54 Å². The van der Waals surface area contributed by atoms with Crippen LogP contribution in [0.3, 0.4) is 0 Å². The molecule has 0 aromatic heterocycles. The Labute approximate surface area is 116 Å². The highest BCUT2D eigenvalue weighted by Gasteiger charge is 2.01. The predicted octanol–water partition coefficient (Wildman–Crippen LogP) is 4.33. The third kappa shape index (κ3) is 6.80. The number of carbonyl (C=O) groups is 1. The van der Waals surface area contributed by atoms with Gasteiger partial charge in [-0.15, -0.1) is 0 Å². The largest absolute Gasteiger partial charge is 0.388 e. The Morgan fingerprint density at radius 2 is 1.79 bits per heavy atom. The second kappa shape index (κ2) is 9.37. The molecule has 0 saturated carbocycles. The van der Waals surface area contributed by atoms with Gasteiger partial charge in [-0.2, -0.15) is 0 Å². The monoisotopic (exact) mass is 259 g/mol. The molecule has 2 heteroatoms. The van der Waals surface area contributed by atoms with Gasteiger partial charge in [0.1, 0.15) is 0 Å². The van der Waals surface area contributed by atoms with Crippen molar-refractivity contribution >= 4 is 5.78 Å². The van der Waals surface area contributed by atoms with Crippen molar-refractivity contribution in [3.63, 3.8) is 0 Å². The average Bonchev–Trinajstić information content (AvgIpc) is 2.43. The normalized spacial score (nSPS) is 11.4. The van der Waals surface area contributed by atoms with E-state index in [1.165, 1.54) is 32.1 Å². The fourth-order valence-electron chi connectivity index (χ4n) is 1.95. The molecule has 1 aromatic carbocycles. The zero-order valence-corrected chi connectivity index (χ0v) is 12.1. The summed E-state index contributed by atoms with van der Waals surface area (Å²) in [5.41, 5.74) is 1.69. The van der Waals surface area contributed by atoms with Crippen molar-refractivity contribution in [2.45, 2.75) is 46.0 Å². The minimum absolute atomic E-state index is 0.0663. The standard InChI is InChI=1S/C17H25NO/c1-3-4-5-6-10-13-18-15(2)14-17(19)16-11-8-7-9-12-16/h7-9,11-12,14,18H,3-6,10,13H2,1-2H3/b15-14+. The molecule has 0 amide bonds. The van der Waals surface area contributed by atoms with E-state index in [-0.39, 0.29) is 5.78 Å². The van der Waals surface area contributed by atoms with Crippen LogP contribution in [0.25, 0.3) is 0 Å². The first-order chi connectivity index (χ1) is 9.24. The predicted molar refractivity (Wildman–Crippen MR) is 81.3 cm³/mol. The van der Waals surface area contributed by atoms with Crippen molar-refractivity contribution in [1.82, 2.24) is 5.32 Å². The van der Waals surface area contributed by atoms with Crippen LogP contribution in [0.15, 0.2) is 42.1 Å². The second-order valence-electron chi connectivity index (χ2n) is 4.90. The molecule has 0 saturated heterocycles. The molecule has 0 unspecified atom stereocenters. The van der Waals surface area contributed by atoms with Crippen LogP contribution in [0.5, 0.6) is 0 Å². The lowest BCUT2D eigenvalue weighted by Gasteiger charge is -2.06. The number of unbranched alkanes of at least 4 members (excludes halogenated alkanes) is 4. The lowest BCUT2D eigenvalue weighted by atomic mass is 10.1. The van der Waals surface area contributed by atoms with E-state index in [2.05, 4.69) is 12.2 Å². The number of hydrogen-bond acceptors (Lipinski definition) is 2. The molecule has 0 aliphatic carbocycles. The lowest BCUT2D eigenvalue weighted by Crippen LogP contribution is -2.14. The maximum absolute atomic E-state index is 11.9. The van der Waals surface area contributed by atoms with Gasteiger partial charge in [0.15, 0.2) is 5.78 Å². The van der Waals surface area contributed by atoms with Gasteiger partial charge >= 0.3 is 0 Å². The molecule has 1 aromatic rings. The van der Waals surface area contributed by atoms with E-state index in [4.69, 9.17) is 0 Å². The quantitative estimate of drug-likeness (QED) is 0.406. The fourth-order valence-corrected chi connectivity index (χ4v) is 1.95. The van der Waals surface area contributed by atoms with Gasteiger partial charge in [0.05, 0.1) is 0 Å². The maximum Gasteiger partial charge on any atom is 0.187 e. The first-order valence-corrected chi connectivity index (χ1v) is 7.25. The van der Waals surface area contributed by atoms with Crippen LogP contribution in [0, 0.1) is 0 Å². The van der Waals surface area contributed by atoms with Gasteiger partial charge in [0.2, 0.25) is 0 Å². The Kier molecular flexibility index (Phi) is 7.64. The lowest BCUT2D eigenvalue weighted by molar-refractivity contribution is 0.104. The van der Waals surface area contributed by atoms with Crippen molar-refractivity contribution in [3.8, 4) is 0 Å². The van der Waals surface area contributed by atoms with Crippen molar-refractivity contribution in [1.29, 1.82) is 0 Å². The first-order valence-electron chi connectivity index (χ1n) is 7.25. The Hall–Kier alpha value is -1.57. The zero-order valence-electron chi connectivity index (χ0n) is 12.1. The van der Waals surface area contributed by atoms with E-state index in [1.807, 2.05) is 37.3 Å². The van der Waals surface area contributed by atoms with Crippen molar-refractivity contribution in [2.24, 2.45) is 0 Å². The number of rotatable bonds is 9. The molecule has 0 aliphatic rings. The van der Waals surface area contributed by atoms with Crippen LogP contribution in [0.4, 0.5) is 0 Å². The summed E-state index contributed by atoms with van der Waals surface area (Å²) in [6, 6.07) is 9.38. The maximum atomic E-state index is 11.9. The highest BCUT2D eigenvalue weighted by molar-refractivity contribution is 6.04. The van der Waals surface area contributed by atoms with Crippen LogP contribution in [0.2, 0.25) is 0 Å². The van der Waals surface area contributed by atoms with Gasteiger partial charge in [0.25, 0.3) is 0 Å². The molecular weight excluding hydrogens is 234 g/mol. The van der Waals surface area contributed by atoms with E-state index in [9.17, 15) is 4.79 Å². The highest BCUT2D eigenvalue weighted by atomic mass is 16.1. The molecule has 0 fully saturated rings. The van der Waals surface area contributed by atoms with Gasteiger partial charge in [0, 0.05) is 23.9 Å². The molecule has 1 N–H and O–H groups in total. The summed E-state index contributed by atoms with van der Waals surface area (Å²) in [6.45, 7) is 5.13. The Morgan fingerprint density at radius 3 is 2.47 bits per heavy atom.